The van der Waals surface area contributed by atoms with Gasteiger partial charge in [0.1, 0.15) is 0 Å². The van der Waals surface area contributed by atoms with E-state index in [0.29, 0.717) is 24.9 Å². The fourth-order valence-electron chi connectivity index (χ4n) is 2.74. The summed E-state index contributed by atoms with van der Waals surface area (Å²) in [7, 11) is 7.54. The second kappa shape index (κ2) is 10.4. The third-order valence-corrected chi connectivity index (χ3v) is 4.00. The zero-order chi connectivity index (χ0) is 19.6. The topological polar surface area (TPSA) is 58.1 Å². The van der Waals surface area contributed by atoms with Gasteiger partial charge in [-0.25, -0.2) is 0 Å². The van der Waals surface area contributed by atoms with Gasteiger partial charge in [0.2, 0.25) is 0 Å². The maximum Gasteiger partial charge on any atom is 0.195 e. The minimum absolute atomic E-state index is 0.596. The molecular weight excluding hydrogens is 340 g/mol. The Labute approximate surface area is 162 Å². The molecule has 0 radical (unpaired) electrons. The first kappa shape index (κ1) is 20.6. The van der Waals surface area contributed by atoms with Crippen LogP contribution in [-0.4, -0.2) is 45.7 Å². The maximum absolute atomic E-state index is 5.56. The number of anilines is 1. The van der Waals surface area contributed by atoms with Gasteiger partial charge in [-0.3, -0.25) is 4.99 Å². The molecule has 0 unspecified atom stereocenters. The van der Waals surface area contributed by atoms with E-state index in [0.717, 1.165) is 18.0 Å². The van der Waals surface area contributed by atoms with Crippen molar-refractivity contribution < 1.29 is 9.47 Å². The molecule has 0 atom stereocenters. The predicted octanol–water partition coefficient (Wildman–Crippen LogP) is 3.34. The summed E-state index contributed by atoms with van der Waals surface area (Å²) in [5.41, 5.74) is 3.43. The minimum Gasteiger partial charge on any atom is -0.493 e. The van der Waals surface area contributed by atoms with Crippen LogP contribution in [0.25, 0.3) is 0 Å². The van der Waals surface area contributed by atoms with Crippen LogP contribution in [0.15, 0.2) is 47.5 Å². The lowest BCUT2D eigenvalue weighted by Gasteiger charge is -2.17. The molecule has 2 aromatic rings. The van der Waals surface area contributed by atoms with Crippen molar-refractivity contribution in [3.63, 3.8) is 0 Å². The lowest BCUT2D eigenvalue weighted by Crippen LogP contribution is -2.30. The molecule has 6 heteroatoms. The number of nitrogens with zero attached hydrogens (tertiary/aromatic N) is 2. The molecule has 6 nitrogen and oxygen atoms in total. The van der Waals surface area contributed by atoms with E-state index < -0.39 is 0 Å². The molecule has 0 amide bonds. The molecule has 2 rings (SSSR count). The average Bonchev–Trinajstić information content (AvgIpc) is 2.67. The van der Waals surface area contributed by atoms with E-state index >= 15 is 0 Å². The van der Waals surface area contributed by atoms with E-state index in [1.54, 1.807) is 14.2 Å². The van der Waals surface area contributed by atoms with Gasteiger partial charge >= 0.3 is 0 Å². The third-order valence-electron chi connectivity index (χ3n) is 4.00. The first-order valence-electron chi connectivity index (χ1n) is 9.07. The number of hydrogen-bond donors (Lipinski definition) is 2. The molecule has 0 saturated heterocycles. The summed E-state index contributed by atoms with van der Waals surface area (Å²) in [6.45, 7) is 4.14. The summed E-state index contributed by atoms with van der Waals surface area (Å²) in [5.74, 6) is 2.11. The number of benzene rings is 2. The molecule has 0 fully saturated rings. The van der Waals surface area contributed by atoms with Gasteiger partial charge in [0.05, 0.1) is 13.7 Å². The van der Waals surface area contributed by atoms with Crippen LogP contribution in [0.4, 0.5) is 5.69 Å². The average molecular weight is 370 g/mol. The summed E-state index contributed by atoms with van der Waals surface area (Å²) < 4.78 is 11.0. The van der Waals surface area contributed by atoms with Crippen molar-refractivity contribution in [2.75, 3.05) is 40.2 Å². The molecule has 2 aromatic carbocycles. The number of ether oxygens (including phenoxy) is 2. The molecule has 0 aromatic heterocycles. The zero-order valence-electron chi connectivity index (χ0n) is 16.9. The number of aliphatic imine (C=N–C) groups is 1. The number of guanidine groups is 1. The van der Waals surface area contributed by atoms with E-state index in [1.807, 2.05) is 25.1 Å². The van der Waals surface area contributed by atoms with Gasteiger partial charge in [0.15, 0.2) is 17.5 Å². The number of hydrogen-bond acceptors (Lipinski definition) is 4. The molecule has 0 heterocycles. The number of nitrogens with one attached hydrogen (secondary N) is 2. The van der Waals surface area contributed by atoms with Gasteiger partial charge in [-0.15, -0.1) is 0 Å². The third kappa shape index (κ3) is 6.18. The molecule has 0 saturated carbocycles. The zero-order valence-corrected chi connectivity index (χ0v) is 16.9. The highest BCUT2D eigenvalue weighted by atomic mass is 16.5. The SMILES string of the molecule is CCOc1ccc(NC(=NC)NCc2ccccc2CN(C)C)cc1OC. The van der Waals surface area contributed by atoms with Crippen LogP contribution in [-0.2, 0) is 13.1 Å². The van der Waals surface area contributed by atoms with Crippen molar-refractivity contribution in [3.8, 4) is 11.5 Å². The van der Waals surface area contributed by atoms with Gasteiger partial charge in [0, 0.05) is 31.9 Å². The molecule has 27 heavy (non-hydrogen) atoms. The maximum atomic E-state index is 5.56. The van der Waals surface area contributed by atoms with Gasteiger partial charge in [-0.05, 0) is 44.3 Å². The van der Waals surface area contributed by atoms with Crippen molar-refractivity contribution in [2.24, 2.45) is 4.99 Å². The second-order valence-corrected chi connectivity index (χ2v) is 6.36. The van der Waals surface area contributed by atoms with E-state index in [9.17, 15) is 0 Å². The summed E-state index contributed by atoms with van der Waals surface area (Å²) in [4.78, 5) is 6.48. The van der Waals surface area contributed by atoms with Crippen molar-refractivity contribution >= 4 is 11.6 Å². The Kier molecular flexibility index (Phi) is 7.95. The highest BCUT2D eigenvalue weighted by molar-refractivity contribution is 5.93. The van der Waals surface area contributed by atoms with Crippen LogP contribution >= 0.6 is 0 Å². The van der Waals surface area contributed by atoms with Crippen LogP contribution in [0.3, 0.4) is 0 Å². The minimum atomic E-state index is 0.596. The molecular formula is C21H30N4O2. The summed E-state index contributed by atoms with van der Waals surface area (Å²) in [6.07, 6.45) is 0. The summed E-state index contributed by atoms with van der Waals surface area (Å²) in [5, 5.41) is 6.67. The van der Waals surface area contributed by atoms with Crippen molar-refractivity contribution in [1.29, 1.82) is 0 Å². The Bertz CT molecular complexity index is 760. The Morgan fingerprint density at radius 1 is 1.07 bits per heavy atom. The molecule has 146 valence electrons. The highest BCUT2D eigenvalue weighted by Gasteiger charge is 2.08. The first-order chi connectivity index (χ1) is 13.1. The Morgan fingerprint density at radius 3 is 2.44 bits per heavy atom. The largest absolute Gasteiger partial charge is 0.493 e. The highest BCUT2D eigenvalue weighted by Crippen LogP contribution is 2.30. The standard InChI is InChI=1S/C21H30N4O2/c1-6-27-19-12-11-18(13-20(19)26-5)24-21(22-2)23-14-16-9-7-8-10-17(16)15-25(3)4/h7-13H,6,14-15H2,1-5H3,(H2,22,23,24). The van der Waals surface area contributed by atoms with Gasteiger partial charge in [-0.2, -0.15) is 0 Å². The van der Waals surface area contributed by atoms with Crippen LogP contribution in [0.5, 0.6) is 11.5 Å². The quantitative estimate of drug-likeness (QED) is 0.551. The van der Waals surface area contributed by atoms with Gasteiger partial charge < -0.3 is 25.0 Å². The molecule has 0 spiro atoms. The fourth-order valence-corrected chi connectivity index (χ4v) is 2.74. The lowest BCUT2D eigenvalue weighted by molar-refractivity contribution is 0.311. The molecule has 0 aliphatic carbocycles. The second-order valence-electron chi connectivity index (χ2n) is 6.36. The predicted molar refractivity (Wildman–Crippen MR) is 112 cm³/mol. The van der Waals surface area contributed by atoms with E-state index in [-0.39, 0.29) is 0 Å². The normalized spacial score (nSPS) is 11.4. The lowest BCUT2D eigenvalue weighted by atomic mass is 10.1. The van der Waals surface area contributed by atoms with Crippen LogP contribution in [0, 0.1) is 0 Å². The van der Waals surface area contributed by atoms with Crippen molar-refractivity contribution in [2.45, 2.75) is 20.0 Å². The van der Waals surface area contributed by atoms with E-state index in [1.165, 1.54) is 11.1 Å². The summed E-state index contributed by atoms with van der Waals surface area (Å²) >= 11 is 0. The number of rotatable bonds is 8. The van der Waals surface area contributed by atoms with Gasteiger partial charge in [-0.1, -0.05) is 24.3 Å². The number of methoxy groups -OCH3 is 1. The molecule has 0 bridgehead atoms. The first-order valence-corrected chi connectivity index (χ1v) is 9.07. The smallest absolute Gasteiger partial charge is 0.195 e. The van der Waals surface area contributed by atoms with Crippen molar-refractivity contribution in [1.82, 2.24) is 10.2 Å². The van der Waals surface area contributed by atoms with Crippen LogP contribution in [0.2, 0.25) is 0 Å². The molecule has 2 N–H and O–H groups in total. The molecule has 0 aliphatic rings. The van der Waals surface area contributed by atoms with E-state index in [4.69, 9.17) is 9.47 Å². The van der Waals surface area contributed by atoms with E-state index in [2.05, 4.69) is 58.9 Å². The van der Waals surface area contributed by atoms with Crippen LogP contribution in [0.1, 0.15) is 18.1 Å². The summed E-state index contributed by atoms with van der Waals surface area (Å²) in [6, 6.07) is 14.2. The molecule has 0 aliphatic heterocycles. The Morgan fingerprint density at radius 2 is 1.81 bits per heavy atom. The van der Waals surface area contributed by atoms with Crippen LogP contribution < -0.4 is 20.1 Å². The van der Waals surface area contributed by atoms with Gasteiger partial charge in [0.25, 0.3) is 0 Å². The fraction of sp³-hybridized carbons (Fsp3) is 0.381. The van der Waals surface area contributed by atoms with Crippen molar-refractivity contribution in [3.05, 3.63) is 53.6 Å². The monoisotopic (exact) mass is 370 g/mol. The Hall–Kier alpha value is -2.73. The Balaban J connectivity index is 2.05.